The summed E-state index contributed by atoms with van der Waals surface area (Å²) in [5, 5.41) is 12.3. The Kier molecular flexibility index (Phi) is 3.88. The van der Waals surface area contributed by atoms with Gasteiger partial charge >= 0.3 is 5.97 Å². The van der Waals surface area contributed by atoms with Crippen LogP contribution in [0.1, 0.15) is 44.0 Å². The number of hydrogen-bond donors (Lipinski definition) is 2. The van der Waals surface area contributed by atoms with Crippen molar-refractivity contribution in [2.45, 2.75) is 39.2 Å². The number of nitrogens with one attached hydrogen (secondary N) is 1. The van der Waals surface area contributed by atoms with Gasteiger partial charge in [-0.1, -0.05) is 13.8 Å². The maximum atomic E-state index is 11.0. The molecule has 0 saturated carbocycles. The van der Waals surface area contributed by atoms with E-state index in [2.05, 4.69) is 31.1 Å². The maximum absolute atomic E-state index is 11.0. The number of pyridine rings is 1. The molecule has 4 nitrogen and oxygen atoms in total. The van der Waals surface area contributed by atoms with Crippen molar-refractivity contribution in [2.24, 2.45) is 0 Å². The van der Waals surface area contributed by atoms with Crippen LogP contribution in [-0.2, 0) is 0 Å². The van der Waals surface area contributed by atoms with Gasteiger partial charge in [0, 0.05) is 17.9 Å². The molecule has 0 aliphatic heterocycles. The zero-order chi connectivity index (χ0) is 12.2. The molecule has 0 fully saturated rings. The highest BCUT2D eigenvalue weighted by molar-refractivity contribution is 5.93. The van der Waals surface area contributed by atoms with E-state index in [1.165, 1.54) is 6.20 Å². The maximum Gasteiger partial charge on any atom is 0.339 e. The second-order valence-electron chi connectivity index (χ2n) is 4.12. The number of nitrogens with zero attached hydrogens (tertiary/aromatic N) is 1. The number of anilines is 1. The van der Waals surface area contributed by atoms with Crippen molar-refractivity contribution in [3.8, 4) is 0 Å². The molecule has 0 bridgehead atoms. The Morgan fingerprint density at radius 1 is 1.50 bits per heavy atom. The van der Waals surface area contributed by atoms with E-state index >= 15 is 0 Å². The first kappa shape index (κ1) is 12.5. The molecule has 0 atom stereocenters. The van der Waals surface area contributed by atoms with Crippen LogP contribution in [0.25, 0.3) is 0 Å². The van der Waals surface area contributed by atoms with E-state index in [1.54, 1.807) is 12.3 Å². The molecule has 2 N–H and O–H groups in total. The van der Waals surface area contributed by atoms with Crippen LogP contribution in [0.15, 0.2) is 18.5 Å². The predicted molar refractivity (Wildman–Crippen MR) is 63.8 cm³/mol. The highest BCUT2D eigenvalue weighted by Crippen LogP contribution is 2.23. The Balaban J connectivity index is 3.01. The number of hydrogen-bond acceptors (Lipinski definition) is 3. The Morgan fingerprint density at radius 3 is 2.62 bits per heavy atom. The molecular formula is C12H18N2O2. The van der Waals surface area contributed by atoms with Gasteiger partial charge in [-0.25, -0.2) is 4.79 Å². The van der Waals surface area contributed by atoms with Crippen LogP contribution < -0.4 is 5.32 Å². The lowest BCUT2D eigenvalue weighted by molar-refractivity contribution is 0.0697. The summed E-state index contributed by atoms with van der Waals surface area (Å²) < 4.78 is 0. The molecule has 4 heteroatoms. The van der Waals surface area contributed by atoms with Crippen molar-refractivity contribution in [3.05, 3.63) is 24.0 Å². The van der Waals surface area contributed by atoms with Crippen LogP contribution in [0.5, 0.6) is 0 Å². The molecular weight excluding hydrogens is 204 g/mol. The lowest BCUT2D eigenvalue weighted by atomic mass is 9.95. The van der Waals surface area contributed by atoms with Crippen LogP contribution in [0.3, 0.4) is 0 Å². The van der Waals surface area contributed by atoms with Crippen molar-refractivity contribution < 1.29 is 9.90 Å². The second kappa shape index (κ2) is 4.96. The van der Waals surface area contributed by atoms with Gasteiger partial charge in [-0.15, -0.1) is 0 Å². The minimum atomic E-state index is -0.954. The number of rotatable bonds is 5. The summed E-state index contributed by atoms with van der Waals surface area (Å²) in [5.74, 6) is -0.954. The summed E-state index contributed by atoms with van der Waals surface area (Å²) in [6, 6.07) is 1.70. The van der Waals surface area contributed by atoms with Gasteiger partial charge in [-0.05, 0) is 25.8 Å². The summed E-state index contributed by atoms with van der Waals surface area (Å²) in [5.41, 5.74) is 0.773. The zero-order valence-electron chi connectivity index (χ0n) is 9.95. The Morgan fingerprint density at radius 2 is 2.12 bits per heavy atom. The van der Waals surface area contributed by atoms with Gasteiger partial charge in [0.25, 0.3) is 0 Å². The standard InChI is InChI=1S/C12H18N2O2/c1-4-12(3,5-2)14-10-6-7-13-8-9(10)11(15)16/h6-8H,4-5H2,1-3H3,(H,13,14)(H,15,16). The van der Waals surface area contributed by atoms with Crippen LogP contribution in [0, 0.1) is 0 Å². The van der Waals surface area contributed by atoms with E-state index in [4.69, 9.17) is 5.11 Å². The average Bonchev–Trinajstić information content (AvgIpc) is 2.29. The molecule has 1 aromatic rings. The number of carbonyl (C=O) groups is 1. The molecule has 1 aromatic heterocycles. The SMILES string of the molecule is CCC(C)(CC)Nc1ccncc1C(=O)O. The van der Waals surface area contributed by atoms with Gasteiger partial charge in [0.1, 0.15) is 5.56 Å². The van der Waals surface area contributed by atoms with E-state index in [0.29, 0.717) is 5.69 Å². The van der Waals surface area contributed by atoms with E-state index in [-0.39, 0.29) is 11.1 Å². The summed E-state index contributed by atoms with van der Waals surface area (Å²) in [7, 11) is 0. The van der Waals surface area contributed by atoms with Crippen LogP contribution in [0.2, 0.25) is 0 Å². The third-order valence-corrected chi connectivity index (χ3v) is 3.05. The molecule has 0 saturated heterocycles. The molecule has 0 unspecified atom stereocenters. The third kappa shape index (κ3) is 2.72. The normalized spacial score (nSPS) is 11.2. The van der Waals surface area contributed by atoms with Crippen molar-refractivity contribution in [1.29, 1.82) is 0 Å². The van der Waals surface area contributed by atoms with E-state index in [0.717, 1.165) is 12.8 Å². The van der Waals surface area contributed by atoms with E-state index in [9.17, 15) is 4.79 Å². The Bertz CT molecular complexity index is 373. The van der Waals surface area contributed by atoms with Crippen LogP contribution >= 0.6 is 0 Å². The highest BCUT2D eigenvalue weighted by atomic mass is 16.4. The fraction of sp³-hybridized carbons (Fsp3) is 0.500. The monoisotopic (exact) mass is 222 g/mol. The quantitative estimate of drug-likeness (QED) is 0.804. The van der Waals surface area contributed by atoms with E-state index < -0.39 is 5.97 Å². The smallest absolute Gasteiger partial charge is 0.339 e. The van der Waals surface area contributed by atoms with Gasteiger partial charge in [-0.3, -0.25) is 4.98 Å². The molecule has 0 aromatic carbocycles. The first-order valence-electron chi connectivity index (χ1n) is 5.48. The molecule has 1 rings (SSSR count). The molecule has 0 aliphatic rings. The molecule has 0 aliphatic carbocycles. The fourth-order valence-electron chi connectivity index (χ4n) is 1.43. The third-order valence-electron chi connectivity index (χ3n) is 3.05. The van der Waals surface area contributed by atoms with Gasteiger partial charge in [0.2, 0.25) is 0 Å². The van der Waals surface area contributed by atoms with Gasteiger partial charge in [0.15, 0.2) is 0 Å². The zero-order valence-corrected chi connectivity index (χ0v) is 9.95. The fourth-order valence-corrected chi connectivity index (χ4v) is 1.43. The van der Waals surface area contributed by atoms with Crippen LogP contribution in [-0.4, -0.2) is 21.6 Å². The minimum Gasteiger partial charge on any atom is -0.478 e. The van der Waals surface area contributed by atoms with Crippen LogP contribution in [0.4, 0.5) is 5.69 Å². The molecule has 0 radical (unpaired) electrons. The lowest BCUT2D eigenvalue weighted by Crippen LogP contribution is -2.33. The average molecular weight is 222 g/mol. The number of aromatic carboxylic acids is 1. The summed E-state index contributed by atoms with van der Waals surface area (Å²) >= 11 is 0. The first-order valence-corrected chi connectivity index (χ1v) is 5.48. The lowest BCUT2D eigenvalue weighted by Gasteiger charge is -2.30. The predicted octanol–water partition coefficient (Wildman–Crippen LogP) is 2.77. The second-order valence-corrected chi connectivity index (χ2v) is 4.12. The topological polar surface area (TPSA) is 62.2 Å². The molecule has 16 heavy (non-hydrogen) atoms. The van der Waals surface area contributed by atoms with Gasteiger partial charge in [-0.2, -0.15) is 0 Å². The highest BCUT2D eigenvalue weighted by Gasteiger charge is 2.21. The van der Waals surface area contributed by atoms with Crippen molar-refractivity contribution >= 4 is 11.7 Å². The first-order chi connectivity index (χ1) is 7.52. The minimum absolute atomic E-state index is 0.0778. The van der Waals surface area contributed by atoms with E-state index in [1.807, 2.05) is 0 Å². The summed E-state index contributed by atoms with van der Waals surface area (Å²) in [6.07, 6.45) is 4.84. The summed E-state index contributed by atoms with van der Waals surface area (Å²) in [6.45, 7) is 6.25. The molecule has 0 spiro atoms. The number of aromatic nitrogens is 1. The summed E-state index contributed by atoms with van der Waals surface area (Å²) in [4.78, 5) is 14.8. The van der Waals surface area contributed by atoms with Crippen molar-refractivity contribution in [3.63, 3.8) is 0 Å². The number of carboxylic acid groups (broad SMARTS) is 1. The number of carboxylic acids is 1. The molecule has 88 valence electrons. The Labute approximate surface area is 95.7 Å². The largest absolute Gasteiger partial charge is 0.478 e. The van der Waals surface area contributed by atoms with Crippen molar-refractivity contribution in [2.75, 3.05) is 5.32 Å². The van der Waals surface area contributed by atoms with Gasteiger partial charge in [0.05, 0.1) is 5.69 Å². The van der Waals surface area contributed by atoms with Gasteiger partial charge < -0.3 is 10.4 Å². The Hall–Kier alpha value is -1.58. The van der Waals surface area contributed by atoms with Crippen molar-refractivity contribution in [1.82, 2.24) is 4.98 Å². The molecule has 1 heterocycles. The molecule has 0 amide bonds.